The Morgan fingerprint density at radius 1 is 1.18 bits per heavy atom. The molecule has 2 saturated heterocycles. The minimum Gasteiger partial charge on any atom is -0.317 e. The zero-order chi connectivity index (χ0) is 15.1. The Labute approximate surface area is 131 Å². The average molecular weight is 337 g/mol. The maximum Gasteiger partial charge on any atom is 0.434 e. The van der Waals surface area contributed by atoms with Crippen LogP contribution in [-0.2, 0) is 11.0 Å². The molecular formula is C13H16ClF3N4O. The fraction of sp³-hybridized carbons (Fsp3) is 0.615. The van der Waals surface area contributed by atoms with Crippen molar-refractivity contribution in [2.75, 3.05) is 24.5 Å². The van der Waals surface area contributed by atoms with Crippen molar-refractivity contribution in [2.45, 2.75) is 25.4 Å². The number of hydrogen-bond donors (Lipinski definition) is 1. The van der Waals surface area contributed by atoms with Crippen LogP contribution in [0.2, 0.25) is 0 Å². The number of aromatic nitrogens is 2. The van der Waals surface area contributed by atoms with E-state index in [2.05, 4.69) is 15.3 Å². The van der Waals surface area contributed by atoms with Crippen LogP contribution in [-0.4, -0.2) is 35.5 Å². The summed E-state index contributed by atoms with van der Waals surface area (Å²) < 4.78 is 38.1. The molecule has 22 heavy (non-hydrogen) atoms. The third-order valence-corrected chi connectivity index (χ3v) is 4.26. The van der Waals surface area contributed by atoms with Crippen LogP contribution in [0.3, 0.4) is 0 Å². The van der Waals surface area contributed by atoms with Crippen LogP contribution >= 0.6 is 12.4 Å². The number of amides is 1. The van der Waals surface area contributed by atoms with E-state index >= 15 is 0 Å². The van der Waals surface area contributed by atoms with Crippen molar-refractivity contribution in [3.63, 3.8) is 0 Å². The molecule has 2 aliphatic rings. The summed E-state index contributed by atoms with van der Waals surface area (Å²) in [5, 5.41) is 3.19. The van der Waals surface area contributed by atoms with Gasteiger partial charge in [-0.05, 0) is 32.4 Å². The fourth-order valence-electron chi connectivity index (χ4n) is 3.03. The lowest BCUT2D eigenvalue weighted by atomic mass is 9.78. The van der Waals surface area contributed by atoms with Crippen LogP contribution in [0.1, 0.15) is 25.0 Å². The third kappa shape index (κ3) is 2.89. The first kappa shape index (κ1) is 17.0. The van der Waals surface area contributed by atoms with Crippen LogP contribution in [0.25, 0.3) is 0 Å². The van der Waals surface area contributed by atoms with Gasteiger partial charge in [0.25, 0.3) is 0 Å². The molecule has 0 aromatic carbocycles. The summed E-state index contributed by atoms with van der Waals surface area (Å²) in [6, 6.07) is 0. The van der Waals surface area contributed by atoms with Crippen molar-refractivity contribution in [1.82, 2.24) is 15.3 Å². The van der Waals surface area contributed by atoms with Crippen molar-refractivity contribution < 1.29 is 18.0 Å². The number of halogens is 4. The molecule has 0 atom stereocenters. The van der Waals surface area contributed by atoms with E-state index in [4.69, 9.17) is 0 Å². The predicted octanol–water partition coefficient (Wildman–Crippen LogP) is 2.02. The van der Waals surface area contributed by atoms with Gasteiger partial charge >= 0.3 is 6.18 Å². The van der Waals surface area contributed by atoms with E-state index in [9.17, 15) is 18.0 Å². The monoisotopic (exact) mass is 336 g/mol. The van der Waals surface area contributed by atoms with Gasteiger partial charge in [-0.3, -0.25) is 14.7 Å². The second kappa shape index (κ2) is 6.00. The Kier molecular flexibility index (Phi) is 4.62. The van der Waals surface area contributed by atoms with Gasteiger partial charge in [0.1, 0.15) is 0 Å². The van der Waals surface area contributed by atoms with Gasteiger partial charge in [-0.1, -0.05) is 0 Å². The van der Waals surface area contributed by atoms with E-state index in [1.54, 1.807) is 0 Å². The molecule has 1 amide bonds. The molecule has 122 valence electrons. The van der Waals surface area contributed by atoms with Crippen molar-refractivity contribution in [3.8, 4) is 0 Å². The zero-order valence-corrected chi connectivity index (χ0v) is 12.5. The number of carbonyl (C=O) groups is 1. The van der Waals surface area contributed by atoms with Crippen LogP contribution in [0.5, 0.6) is 0 Å². The van der Waals surface area contributed by atoms with Gasteiger partial charge in [-0.2, -0.15) is 13.2 Å². The predicted molar refractivity (Wildman–Crippen MR) is 75.8 cm³/mol. The number of nitrogens with one attached hydrogen (secondary N) is 1. The van der Waals surface area contributed by atoms with E-state index in [-0.39, 0.29) is 24.1 Å². The highest BCUT2D eigenvalue weighted by molar-refractivity contribution is 5.99. The van der Waals surface area contributed by atoms with Crippen molar-refractivity contribution in [1.29, 1.82) is 0 Å². The Bertz CT molecular complexity index is 560. The molecular weight excluding hydrogens is 321 g/mol. The highest BCUT2D eigenvalue weighted by atomic mass is 35.5. The number of nitrogens with zero attached hydrogens (tertiary/aromatic N) is 3. The summed E-state index contributed by atoms with van der Waals surface area (Å²) in [6.45, 7) is 1.91. The van der Waals surface area contributed by atoms with E-state index in [0.29, 0.717) is 32.0 Å². The Morgan fingerprint density at radius 3 is 2.50 bits per heavy atom. The number of carbonyl (C=O) groups excluding carboxylic acids is 1. The van der Waals surface area contributed by atoms with Crippen LogP contribution in [0.15, 0.2) is 12.4 Å². The molecule has 0 radical (unpaired) electrons. The van der Waals surface area contributed by atoms with Gasteiger partial charge in [0, 0.05) is 6.54 Å². The first-order valence-electron chi connectivity index (χ1n) is 6.84. The van der Waals surface area contributed by atoms with E-state index in [1.807, 2.05) is 0 Å². The third-order valence-electron chi connectivity index (χ3n) is 4.26. The molecule has 1 aromatic rings. The van der Waals surface area contributed by atoms with Gasteiger partial charge in [-0.15, -0.1) is 12.4 Å². The molecule has 1 N–H and O–H groups in total. The smallest absolute Gasteiger partial charge is 0.317 e. The summed E-state index contributed by atoms with van der Waals surface area (Å²) in [5.74, 6) is -0.136. The summed E-state index contributed by atoms with van der Waals surface area (Å²) in [7, 11) is 0. The summed E-state index contributed by atoms with van der Waals surface area (Å²) in [5.41, 5.74) is -1.51. The molecule has 3 heterocycles. The van der Waals surface area contributed by atoms with Crippen molar-refractivity contribution in [2.24, 2.45) is 5.41 Å². The Morgan fingerprint density at radius 2 is 1.86 bits per heavy atom. The number of piperidine rings is 1. The maximum atomic E-state index is 12.7. The minimum absolute atomic E-state index is 0. The second-order valence-electron chi connectivity index (χ2n) is 5.50. The molecule has 0 unspecified atom stereocenters. The average Bonchev–Trinajstić information content (AvgIpc) is 2.76. The van der Waals surface area contributed by atoms with Crippen molar-refractivity contribution in [3.05, 3.63) is 18.1 Å². The van der Waals surface area contributed by atoms with Gasteiger partial charge in [-0.25, -0.2) is 4.98 Å². The number of anilines is 1. The molecule has 1 aromatic heterocycles. The minimum atomic E-state index is -4.56. The van der Waals surface area contributed by atoms with Gasteiger partial charge in [0.05, 0.1) is 17.8 Å². The zero-order valence-electron chi connectivity index (χ0n) is 11.7. The lowest BCUT2D eigenvalue weighted by Gasteiger charge is -2.31. The molecule has 0 bridgehead atoms. The maximum absolute atomic E-state index is 12.7. The lowest BCUT2D eigenvalue weighted by molar-refractivity contribution is -0.141. The molecule has 5 nitrogen and oxygen atoms in total. The largest absolute Gasteiger partial charge is 0.434 e. The molecule has 0 saturated carbocycles. The summed E-state index contributed by atoms with van der Waals surface area (Å²) >= 11 is 0. The van der Waals surface area contributed by atoms with Crippen LogP contribution in [0.4, 0.5) is 19.0 Å². The normalized spacial score (nSPS) is 21.0. The SMILES string of the molecule is Cl.O=C1N(c2cncc(C(F)(F)F)n2)CCC12CCNCC2. The topological polar surface area (TPSA) is 58.1 Å². The lowest BCUT2D eigenvalue weighted by Crippen LogP contribution is -2.43. The molecule has 2 fully saturated rings. The Hall–Kier alpha value is -1.41. The fourth-order valence-corrected chi connectivity index (χ4v) is 3.03. The molecule has 3 rings (SSSR count). The molecule has 9 heteroatoms. The second-order valence-corrected chi connectivity index (χ2v) is 5.50. The Balaban J connectivity index is 0.00000176. The number of hydrogen-bond acceptors (Lipinski definition) is 4. The van der Waals surface area contributed by atoms with Crippen LogP contribution in [0, 0.1) is 5.41 Å². The quantitative estimate of drug-likeness (QED) is 0.852. The van der Waals surface area contributed by atoms with Gasteiger partial charge in [0.15, 0.2) is 11.5 Å². The summed E-state index contributed by atoms with van der Waals surface area (Å²) in [4.78, 5) is 21.1. The summed E-state index contributed by atoms with van der Waals surface area (Å²) in [6.07, 6.45) is -0.579. The first-order chi connectivity index (χ1) is 9.92. The number of alkyl halides is 3. The van der Waals surface area contributed by atoms with E-state index < -0.39 is 17.3 Å². The van der Waals surface area contributed by atoms with E-state index in [0.717, 1.165) is 13.1 Å². The van der Waals surface area contributed by atoms with Crippen molar-refractivity contribution >= 4 is 24.1 Å². The van der Waals surface area contributed by atoms with Gasteiger partial charge < -0.3 is 5.32 Å². The van der Waals surface area contributed by atoms with Crippen LogP contribution < -0.4 is 10.2 Å². The first-order valence-corrected chi connectivity index (χ1v) is 6.84. The number of rotatable bonds is 1. The molecule has 0 aliphatic carbocycles. The standard InChI is InChI=1S/C13H15F3N4O.ClH/c14-13(15,16)9-7-18-8-10(19-9)20-6-3-12(11(20)21)1-4-17-5-2-12;/h7-8,17H,1-6H2;1H. The highest BCUT2D eigenvalue weighted by Crippen LogP contribution is 2.41. The highest BCUT2D eigenvalue weighted by Gasteiger charge is 2.48. The molecule has 2 aliphatic heterocycles. The molecule has 1 spiro atoms. The van der Waals surface area contributed by atoms with E-state index in [1.165, 1.54) is 11.1 Å². The van der Waals surface area contributed by atoms with Gasteiger partial charge in [0.2, 0.25) is 5.91 Å².